The van der Waals surface area contributed by atoms with Gasteiger partial charge in [-0.15, -0.1) is 40.6 Å². The molecule has 0 N–H and O–H groups in total. The van der Waals surface area contributed by atoms with E-state index >= 15 is 0 Å². The molecule has 0 aliphatic carbocycles. The maximum absolute atomic E-state index is 4.93. The molecule has 2 aromatic rings. The van der Waals surface area contributed by atoms with E-state index in [1.165, 1.54) is 16.3 Å². The van der Waals surface area contributed by atoms with Gasteiger partial charge in [0.05, 0.1) is 0 Å². The van der Waals surface area contributed by atoms with Crippen LogP contribution in [0.2, 0.25) is 0 Å². The van der Waals surface area contributed by atoms with Crippen molar-refractivity contribution in [2.45, 2.75) is 26.2 Å². The molecular weight excluding hydrogens is 318 g/mol. The quantitative estimate of drug-likeness (QED) is 0.579. The zero-order valence-electron chi connectivity index (χ0n) is 9.72. The second-order valence-corrected chi connectivity index (χ2v) is 8.43. The Kier molecular flexibility index (Phi) is 5.64. The van der Waals surface area contributed by atoms with Crippen LogP contribution in [0.5, 0.6) is 0 Å². The van der Waals surface area contributed by atoms with Gasteiger partial charge in [-0.05, 0) is 5.41 Å². The Balaban J connectivity index is 0.000000386. The third-order valence-corrected chi connectivity index (χ3v) is 2.48. The van der Waals surface area contributed by atoms with E-state index < -0.39 is 20.8 Å². The molecule has 0 radical (unpaired) electrons. The van der Waals surface area contributed by atoms with Gasteiger partial charge in [-0.25, -0.2) is 0 Å². The molecule has 0 heterocycles. The second kappa shape index (κ2) is 6.29. The molecular formula is C13H15Cl2Zr-. The standard InChI is InChI=1S/C13H15.2ClH.Zr/c1-13(2,3)12-8-10-6-4-5-7-11(10)9-12;;;/h4-9H,1-3H3;2*1H;/q-1;;;+2/p-2. The van der Waals surface area contributed by atoms with Crippen LogP contribution in [0.4, 0.5) is 0 Å². The average Bonchev–Trinajstić information content (AvgIpc) is 2.61. The van der Waals surface area contributed by atoms with Crippen LogP contribution in [0, 0.1) is 0 Å². The Morgan fingerprint density at radius 3 is 2.19 bits per heavy atom. The molecule has 2 rings (SSSR count). The fourth-order valence-electron chi connectivity index (χ4n) is 1.58. The van der Waals surface area contributed by atoms with Crippen molar-refractivity contribution >= 4 is 27.8 Å². The van der Waals surface area contributed by atoms with Crippen molar-refractivity contribution in [3.63, 3.8) is 0 Å². The zero-order chi connectivity index (χ0) is 12.2. The number of hydrogen-bond donors (Lipinski definition) is 0. The van der Waals surface area contributed by atoms with E-state index in [1.54, 1.807) is 0 Å². The summed E-state index contributed by atoms with van der Waals surface area (Å²) in [6.07, 6.45) is 0. The van der Waals surface area contributed by atoms with Crippen LogP contribution < -0.4 is 0 Å². The molecule has 0 fully saturated rings. The normalized spacial score (nSPS) is 10.8. The van der Waals surface area contributed by atoms with E-state index in [2.05, 4.69) is 57.2 Å². The van der Waals surface area contributed by atoms with Crippen molar-refractivity contribution < 1.29 is 20.8 Å². The van der Waals surface area contributed by atoms with Crippen LogP contribution in [0.3, 0.4) is 0 Å². The Morgan fingerprint density at radius 1 is 1.12 bits per heavy atom. The van der Waals surface area contributed by atoms with E-state index in [9.17, 15) is 0 Å². The van der Waals surface area contributed by atoms with Gasteiger partial charge in [-0.2, -0.15) is 6.07 Å². The van der Waals surface area contributed by atoms with Gasteiger partial charge >= 0.3 is 37.9 Å². The van der Waals surface area contributed by atoms with Crippen LogP contribution in [0.1, 0.15) is 26.3 Å². The Labute approximate surface area is 116 Å². The van der Waals surface area contributed by atoms with E-state index in [-0.39, 0.29) is 5.41 Å². The molecule has 3 heteroatoms. The zero-order valence-corrected chi connectivity index (χ0v) is 13.7. The van der Waals surface area contributed by atoms with Gasteiger partial charge in [-0.3, -0.25) is 0 Å². The molecule has 2 aromatic carbocycles. The summed E-state index contributed by atoms with van der Waals surface area (Å²) >= 11 is -0.826. The third-order valence-electron chi connectivity index (χ3n) is 2.48. The number of hydrogen-bond acceptors (Lipinski definition) is 0. The maximum atomic E-state index is 4.93. The summed E-state index contributed by atoms with van der Waals surface area (Å²) in [5.41, 5.74) is 1.69. The van der Waals surface area contributed by atoms with Gasteiger partial charge < -0.3 is 0 Å². The third kappa shape index (κ3) is 3.95. The van der Waals surface area contributed by atoms with Crippen LogP contribution >= 0.6 is 17.0 Å². The van der Waals surface area contributed by atoms with E-state index in [0.717, 1.165) is 0 Å². The van der Waals surface area contributed by atoms with Crippen LogP contribution in [-0.2, 0) is 26.3 Å². The van der Waals surface area contributed by atoms with E-state index in [0.29, 0.717) is 0 Å². The van der Waals surface area contributed by atoms with Crippen molar-refractivity contribution in [1.82, 2.24) is 0 Å². The average molecular weight is 333 g/mol. The second-order valence-electron chi connectivity index (χ2n) is 4.69. The fraction of sp³-hybridized carbons (Fsp3) is 0.308. The minimum atomic E-state index is -0.826. The molecule has 0 amide bonds. The predicted octanol–water partition coefficient (Wildman–Crippen LogP) is 5.23. The molecule has 0 aliphatic heterocycles. The van der Waals surface area contributed by atoms with Crippen molar-refractivity contribution in [3.05, 3.63) is 42.0 Å². The summed E-state index contributed by atoms with van der Waals surface area (Å²) in [6.45, 7) is 6.75. The molecule has 0 aromatic heterocycles. The van der Waals surface area contributed by atoms with E-state index in [4.69, 9.17) is 17.0 Å². The predicted molar refractivity (Wildman–Crippen MR) is 69.9 cm³/mol. The molecule has 0 spiro atoms. The molecule has 0 unspecified atom stereocenters. The van der Waals surface area contributed by atoms with Gasteiger partial charge in [0.25, 0.3) is 0 Å². The molecule has 86 valence electrons. The number of rotatable bonds is 0. The monoisotopic (exact) mass is 331 g/mol. The van der Waals surface area contributed by atoms with E-state index in [1.807, 2.05) is 0 Å². The SMILES string of the molecule is CC(C)(C)c1cc2ccccc2[cH-]1.[Cl][Zr][Cl]. The van der Waals surface area contributed by atoms with Gasteiger partial charge in [0.1, 0.15) is 0 Å². The first kappa shape index (κ1) is 14.4. The van der Waals surface area contributed by atoms with Crippen LogP contribution in [0.15, 0.2) is 36.4 Å². The first-order valence-electron chi connectivity index (χ1n) is 5.11. The van der Waals surface area contributed by atoms with Crippen molar-refractivity contribution in [1.29, 1.82) is 0 Å². The van der Waals surface area contributed by atoms with Crippen LogP contribution in [-0.4, -0.2) is 0 Å². The van der Waals surface area contributed by atoms with Gasteiger partial charge in [0.15, 0.2) is 0 Å². The van der Waals surface area contributed by atoms with Gasteiger partial charge in [0, 0.05) is 0 Å². The van der Waals surface area contributed by atoms with Gasteiger partial charge in [-0.1, -0.05) is 26.8 Å². The molecule has 0 aliphatic rings. The number of halogens is 2. The van der Waals surface area contributed by atoms with Crippen LogP contribution in [0.25, 0.3) is 10.8 Å². The fourth-order valence-corrected chi connectivity index (χ4v) is 1.58. The van der Waals surface area contributed by atoms with Crippen molar-refractivity contribution in [3.8, 4) is 0 Å². The van der Waals surface area contributed by atoms with Gasteiger partial charge in [0.2, 0.25) is 0 Å². The summed E-state index contributed by atoms with van der Waals surface area (Å²) < 4.78 is 0. The summed E-state index contributed by atoms with van der Waals surface area (Å²) in [5.74, 6) is 0. The summed E-state index contributed by atoms with van der Waals surface area (Å²) in [6, 6.07) is 13.1. The summed E-state index contributed by atoms with van der Waals surface area (Å²) in [4.78, 5) is 0. The molecule has 0 saturated carbocycles. The summed E-state index contributed by atoms with van der Waals surface area (Å²) in [5, 5.41) is 2.71. The first-order valence-corrected chi connectivity index (χ1v) is 11.4. The molecule has 0 nitrogen and oxygen atoms in total. The molecule has 16 heavy (non-hydrogen) atoms. The topological polar surface area (TPSA) is 0 Å². The van der Waals surface area contributed by atoms with Crippen molar-refractivity contribution in [2.75, 3.05) is 0 Å². The number of fused-ring (bicyclic) bond motifs is 1. The summed E-state index contributed by atoms with van der Waals surface area (Å²) in [7, 11) is 9.87. The molecule has 0 saturated heterocycles. The van der Waals surface area contributed by atoms with Crippen molar-refractivity contribution in [2.24, 2.45) is 0 Å². The number of benzene rings is 1. The molecule has 0 atom stereocenters. The minimum absolute atomic E-state index is 0.263. The Bertz CT molecular complexity index is 407. The first-order chi connectivity index (χ1) is 7.49. The molecule has 0 bridgehead atoms. The Morgan fingerprint density at radius 2 is 1.69 bits per heavy atom. The Hall–Kier alpha value is 0.293.